The number of nitrogens with one attached hydrogen (secondary N) is 1. The van der Waals surface area contributed by atoms with Crippen LogP contribution < -0.4 is 10.9 Å². The molecule has 1 heterocycles. The van der Waals surface area contributed by atoms with Crippen molar-refractivity contribution in [2.24, 2.45) is 7.05 Å². The SMILES string of the molecule is C[C@H](OC(=O)c1nn(C)c(=O)c2ccccc12)C(=O)Nc1ccc(C#N)c(Cl)c1. The molecule has 3 aromatic rings. The molecule has 0 saturated heterocycles. The van der Waals surface area contributed by atoms with Crippen LogP contribution >= 0.6 is 11.6 Å². The topological polar surface area (TPSA) is 114 Å². The molecule has 1 atom stereocenters. The number of nitrogens with zero attached hydrogens (tertiary/aromatic N) is 3. The van der Waals surface area contributed by atoms with Gasteiger partial charge in [0.2, 0.25) is 0 Å². The molecular formula is C20H15ClN4O4. The van der Waals surface area contributed by atoms with Gasteiger partial charge in [0.15, 0.2) is 11.8 Å². The highest BCUT2D eigenvalue weighted by atomic mass is 35.5. The van der Waals surface area contributed by atoms with Gasteiger partial charge in [-0.2, -0.15) is 10.4 Å². The minimum atomic E-state index is -1.14. The van der Waals surface area contributed by atoms with Crippen molar-refractivity contribution in [1.82, 2.24) is 9.78 Å². The molecule has 2 aromatic carbocycles. The second-order valence-corrected chi connectivity index (χ2v) is 6.57. The average Bonchev–Trinajstić information content (AvgIpc) is 2.70. The van der Waals surface area contributed by atoms with Crippen molar-refractivity contribution in [2.45, 2.75) is 13.0 Å². The zero-order valence-corrected chi connectivity index (χ0v) is 16.2. The number of anilines is 1. The number of esters is 1. The minimum Gasteiger partial charge on any atom is -0.448 e. The summed E-state index contributed by atoms with van der Waals surface area (Å²) in [7, 11) is 1.43. The average molecular weight is 411 g/mol. The number of halogens is 1. The molecule has 0 fully saturated rings. The summed E-state index contributed by atoms with van der Waals surface area (Å²) in [5.41, 5.74) is 0.216. The smallest absolute Gasteiger partial charge is 0.360 e. The van der Waals surface area contributed by atoms with Crippen LogP contribution in [0, 0.1) is 11.3 Å². The van der Waals surface area contributed by atoms with Crippen LogP contribution in [-0.4, -0.2) is 27.8 Å². The first-order chi connectivity index (χ1) is 13.8. The largest absolute Gasteiger partial charge is 0.448 e. The minimum absolute atomic E-state index is 0.0660. The maximum Gasteiger partial charge on any atom is 0.360 e. The highest BCUT2D eigenvalue weighted by Crippen LogP contribution is 2.21. The van der Waals surface area contributed by atoms with Crippen molar-refractivity contribution in [3.63, 3.8) is 0 Å². The molecule has 1 aromatic heterocycles. The Labute approximate surface area is 170 Å². The molecule has 29 heavy (non-hydrogen) atoms. The van der Waals surface area contributed by atoms with Gasteiger partial charge in [-0.3, -0.25) is 9.59 Å². The predicted octanol–water partition coefficient (Wildman–Crippen LogP) is 2.64. The molecule has 0 radical (unpaired) electrons. The van der Waals surface area contributed by atoms with Crippen LogP contribution in [0.5, 0.6) is 0 Å². The van der Waals surface area contributed by atoms with E-state index in [2.05, 4.69) is 10.4 Å². The second-order valence-electron chi connectivity index (χ2n) is 6.17. The van der Waals surface area contributed by atoms with Gasteiger partial charge in [-0.25, -0.2) is 9.48 Å². The number of hydrogen-bond donors (Lipinski definition) is 1. The molecule has 0 saturated carbocycles. The van der Waals surface area contributed by atoms with Crippen molar-refractivity contribution >= 4 is 39.9 Å². The van der Waals surface area contributed by atoms with Crippen molar-refractivity contribution in [2.75, 3.05) is 5.32 Å². The number of carbonyl (C=O) groups is 2. The normalized spacial score (nSPS) is 11.5. The van der Waals surface area contributed by atoms with Gasteiger partial charge in [0.1, 0.15) is 6.07 Å². The van der Waals surface area contributed by atoms with Crippen molar-refractivity contribution in [3.8, 4) is 6.07 Å². The zero-order chi connectivity index (χ0) is 21.1. The molecule has 1 N–H and O–H groups in total. The molecule has 8 nitrogen and oxygen atoms in total. The van der Waals surface area contributed by atoms with E-state index in [-0.39, 0.29) is 21.8 Å². The van der Waals surface area contributed by atoms with Gasteiger partial charge in [0, 0.05) is 18.1 Å². The van der Waals surface area contributed by atoms with E-state index in [4.69, 9.17) is 21.6 Å². The monoisotopic (exact) mass is 410 g/mol. The Morgan fingerprint density at radius 3 is 2.59 bits per heavy atom. The highest BCUT2D eigenvalue weighted by molar-refractivity contribution is 6.32. The lowest BCUT2D eigenvalue weighted by Gasteiger charge is -2.14. The van der Waals surface area contributed by atoms with E-state index in [9.17, 15) is 14.4 Å². The summed E-state index contributed by atoms with van der Waals surface area (Å²) in [4.78, 5) is 37.1. The Morgan fingerprint density at radius 1 is 1.24 bits per heavy atom. The number of benzene rings is 2. The van der Waals surface area contributed by atoms with Gasteiger partial charge >= 0.3 is 5.97 Å². The fourth-order valence-corrected chi connectivity index (χ4v) is 2.87. The van der Waals surface area contributed by atoms with Crippen LogP contribution in [0.3, 0.4) is 0 Å². The second kappa shape index (κ2) is 8.12. The summed E-state index contributed by atoms with van der Waals surface area (Å²) in [5.74, 6) is -1.43. The van der Waals surface area contributed by atoms with E-state index in [0.717, 1.165) is 4.68 Å². The van der Waals surface area contributed by atoms with Gasteiger partial charge in [0.25, 0.3) is 11.5 Å². The first kappa shape index (κ1) is 20.0. The fourth-order valence-electron chi connectivity index (χ4n) is 2.65. The summed E-state index contributed by atoms with van der Waals surface area (Å²) in [6.45, 7) is 1.41. The molecule has 0 spiro atoms. The Hall–Kier alpha value is -3.70. The molecule has 9 heteroatoms. The summed E-state index contributed by atoms with van der Waals surface area (Å²) in [6.07, 6.45) is -1.14. The van der Waals surface area contributed by atoms with E-state index in [0.29, 0.717) is 16.5 Å². The molecule has 0 aliphatic heterocycles. The van der Waals surface area contributed by atoms with Crippen LogP contribution in [-0.2, 0) is 16.6 Å². The Bertz CT molecular complexity index is 1230. The number of fused-ring (bicyclic) bond motifs is 1. The third kappa shape index (κ3) is 4.10. The van der Waals surface area contributed by atoms with E-state index in [1.54, 1.807) is 24.3 Å². The molecule has 0 aliphatic rings. The maximum atomic E-state index is 12.6. The molecule has 1 amide bonds. The van der Waals surface area contributed by atoms with E-state index >= 15 is 0 Å². The number of hydrogen-bond acceptors (Lipinski definition) is 6. The lowest BCUT2D eigenvalue weighted by Crippen LogP contribution is -2.31. The Balaban J connectivity index is 1.79. The molecule has 0 unspecified atom stereocenters. The number of amides is 1. The number of rotatable bonds is 4. The maximum absolute atomic E-state index is 12.6. The lowest BCUT2D eigenvalue weighted by molar-refractivity contribution is -0.123. The third-order valence-electron chi connectivity index (χ3n) is 4.16. The third-order valence-corrected chi connectivity index (χ3v) is 4.47. The number of carbonyl (C=O) groups excluding carboxylic acids is 2. The molecule has 146 valence electrons. The lowest BCUT2D eigenvalue weighted by atomic mass is 10.1. The van der Waals surface area contributed by atoms with E-state index in [1.165, 1.54) is 32.2 Å². The van der Waals surface area contributed by atoms with Crippen molar-refractivity contribution in [3.05, 3.63) is 69.1 Å². The summed E-state index contributed by atoms with van der Waals surface area (Å²) in [6, 6.07) is 12.8. The Morgan fingerprint density at radius 2 is 1.93 bits per heavy atom. The van der Waals surface area contributed by atoms with Gasteiger partial charge in [-0.1, -0.05) is 29.8 Å². The van der Waals surface area contributed by atoms with Gasteiger partial charge in [0.05, 0.1) is 16.0 Å². The standard InChI is InChI=1S/C20H15ClN4O4/c1-11(18(26)23-13-8-7-12(10-22)16(21)9-13)29-20(28)17-14-5-3-4-6-15(14)19(27)25(2)24-17/h3-9,11H,1-2H3,(H,23,26)/t11-/m0/s1. The van der Waals surface area contributed by atoms with Crippen molar-refractivity contribution < 1.29 is 14.3 Å². The number of aryl methyl sites for hydroxylation is 1. The van der Waals surface area contributed by atoms with E-state index < -0.39 is 18.0 Å². The van der Waals surface area contributed by atoms with Crippen LogP contribution in [0.4, 0.5) is 5.69 Å². The fraction of sp³-hybridized carbons (Fsp3) is 0.150. The summed E-state index contributed by atoms with van der Waals surface area (Å²) >= 11 is 5.94. The van der Waals surface area contributed by atoms with Crippen molar-refractivity contribution in [1.29, 1.82) is 5.26 Å². The number of nitriles is 1. The Kier molecular flexibility index (Phi) is 5.61. The summed E-state index contributed by atoms with van der Waals surface area (Å²) in [5, 5.41) is 16.3. The zero-order valence-electron chi connectivity index (χ0n) is 15.5. The predicted molar refractivity (Wildman–Crippen MR) is 107 cm³/mol. The van der Waals surface area contributed by atoms with Crippen LogP contribution in [0.2, 0.25) is 5.02 Å². The quantitative estimate of drug-likeness (QED) is 0.661. The van der Waals surface area contributed by atoms with Gasteiger partial charge in [-0.05, 0) is 31.2 Å². The number of ether oxygens (including phenoxy) is 1. The first-order valence-electron chi connectivity index (χ1n) is 8.49. The van der Waals surface area contributed by atoms with Crippen LogP contribution in [0.1, 0.15) is 23.0 Å². The number of aromatic nitrogens is 2. The first-order valence-corrected chi connectivity index (χ1v) is 8.87. The molecule has 0 aliphatic carbocycles. The van der Waals surface area contributed by atoms with Gasteiger partial charge < -0.3 is 10.1 Å². The van der Waals surface area contributed by atoms with Gasteiger partial charge in [-0.15, -0.1) is 0 Å². The van der Waals surface area contributed by atoms with Crippen LogP contribution in [0.15, 0.2) is 47.3 Å². The van der Waals surface area contributed by atoms with Crippen LogP contribution in [0.25, 0.3) is 10.8 Å². The van der Waals surface area contributed by atoms with E-state index in [1.807, 2.05) is 6.07 Å². The molecule has 0 bridgehead atoms. The summed E-state index contributed by atoms with van der Waals surface area (Å²) < 4.78 is 6.28. The highest BCUT2D eigenvalue weighted by Gasteiger charge is 2.23. The molecule has 3 rings (SSSR count). The molecular weight excluding hydrogens is 396 g/mol.